The number of nitro benzene ring substituents is 1. The van der Waals surface area contributed by atoms with Crippen molar-refractivity contribution in [3.05, 3.63) is 39.4 Å². The number of amides is 1. The molecule has 0 unspecified atom stereocenters. The van der Waals surface area contributed by atoms with Gasteiger partial charge in [-0.3, -0.25) is 14.9 Å². The molecule has 8 heteroatoms. The van der Waals surface area contributed by atoms with Crippen LogP contribution < -0.4 is 5.32 Å². The number of hydrogen-bond donors (Lipinski definition) is 3. The Bertz CT molecular complexity index is 528. The molecule has 8 nitrogen and oxygen atoms in total. The van der Waals surface area contributed by atoms with Crippen LogP contribution in [-0.2, 0) is 4.79 Å². The number of rotatable bonds is 5. The highest BCUT2D eigenvalue weighted by atomic mass is 16.6. The number of aliphatic hydroxyl groups excluding tert-OH is 1. The summed E-state index contributed by atoms with van der Waals surface area (Å²) < 4.78 is 0. The zero-order chi connectivity index (χ0) is 14.6. The Kier molecular flexibility index (Phi) is 4.54. The molecule has 1 amide bonds. The highest BCUT2D eigenvalue weighted by Crippen LogP contribution is 2.18. The number of carbonyl (C=O) groups is 2. The van der Waals surface area contributed by atoms with Gasteiger partial charge in [0.05, 0.1) is 11.5 Å². The summed E-state index contributed by atoms with van der Waals surface area (Å²) in [5.41, 5.74) is 0.241. The third-order valence-electron chi connectivity index (χ3n) is 2.44. The summed E-state index contributed by atoms with van der Waals surface area (Å²) in [5, 5.41) is 30.2. The average molecular weight is 268 g/mol. The molecule has 0 bridgehead atoms. The molecule has 1 aromatic carbocycles. The number of nitro groups is 1. The molecule has 0 aliphatic carbocycles. The highest BCUT2D eigenvalue weighted by molar-refractivity contribution is 5.97. The smallest absolute Gasteiger partial charge is 0.328 e. The van der Waals surface area contributed by atoms with Gasteiger partial charge in [0, 0.05) is 17.2 Å². The molecule has 0 aliphatic heterocycles. The first kappa shape index (κ1) is 14.6. The second-order valence-corrected chi connectivity index (χ2v) is 3.81. The fourth-order valence-electron chi connectivity index (χ4n) is 1.43. The van der Waals surface area contributed by atoms with Gasteiger partial charge < -0.3 is 15.5 Å². The molecule has 3 N–H and O–H groups in total. The van der Waals surface area contributed by atoms with Crippen LogP contribution >= 0.6 is 0 Å². The van der Waals surface area contributed by atoms with Crippen molar-refractivity contribution < 1.29 is 24.7 Å². The van der Waals surface area contributed by atoms with Crippen molar-refractivity contribution in [3.8, 4) is 0 Å². The Morgan fingerprint density at radius 1 is 1.47 bits per heavy atom. The molecular weight excluding hydrogens is 256 g/mol. The standard InChI is InChI=1S/C11H12N2O6/c1-6-4-7(2-3-9(6)13(18)19)10(15)12-8(5-14)11(16)17/h2-4,8,14H,5H2,1H3,(H,12,15)(H,16,17)/t8-/m1/s1. The first-order valence-electron chi connectivity index (χ1n) is 5.26. The van der Waals surface area contributed by atoms with Gasteiger partial charge >= 0.3 is 5.97 Å². The van der Waals surface area contributed by atoms with E-state index in [0.717, 1.165) is 0 Å². The van der Waals surface area contributed by atoms with E-state index < -0.39 is 29.4 Å². The molecule has 0 spiro atoms. The van der Waals surface area contributed by atoms with E-state index in [2.05, 4.69) is 5.32 Å². The Balaban J connectivity index is 2.92. The van der Waals surface area contributed by atoms with Crippen LogP contribution in [0.15, 0.2) is 18.2 Å². The monoisotopic (exact) mass is 268 g/mol. The van der Waals surface area contributed by atoms with Crippen molar-refractivity contribution in [3.63, 3.8) is 0 Å². The van der Waals surface area contributed by atoms with E-state index in [4.69, 9.17) is 10.2 Å². The third-order valence-corrected chi connectivity index (χ3v) is 2.44. The van der Waals surface area contributed by atoms with Crippen molar-refractivity contribution in [1.29, 1.82) is 0 Å². The maximum atomic E-state index is 11.7. The van der Waals surface area contributed by atoms with Crippen molar-refractivity contribution in [2.45, 2.75) is 13.0 Å². The summed E-state index contributed by atoms with van der Waals surface area (Å²) >= 11 is 0. The maximum Gasteiger partial charge on any atom is 0.328 e. The quantitative estimate of drug-likeness (QED) is 0.512. The second kappa shape index (κ2) is 5.91. The molecule has 102 valence electrons. The highest BCUT2D eigenvalue weighted by Gasteiger charge is 2.20. The molecule has 0 fully saturated rings. The van der Waals surface area contributed by atoms with E-state index >= 15 is 0 Å². The second-order valence-electron chi connectivity index (χ2n) is 3.81. The van der Waals surface area contributed by atoms with E-state index in [0.29, 0.717) is 0 Å². The molecule has 0 radical (unpaired) electrons. The number of carbonyl (C=O) groups excluding carboxylic acids is 1. The lowest BCUT2D eigenvalue weighted by molar-refractivity contribution is -0.385. The fraction of sp³-hybridized carbons (Fsp3) is 0.273. The molecular formula is C11H12N2O6. The van der Waals surface area contributed by atoms with Gasteiger partial charge in [0.2, 0.25) is 0 Å². The Labute approximate surface area is 107 Å². The number of nitrogens with one attached hydrogen (secondary N) is 1. The Hall–Kier alpha value is -2.48. The lowest BCUT2D eigenvalue weighted by atomic mass is 10.1. The van der Waals surface area contributed by atoms with E-state index in [1.165, 1.54) is 25.1 Å². The lowest BCUT2D eigenvalue weighted by Gasteiger charge is -2.11. The predicted molar refractivity (Wildman–Crippen MR) is 63.8 cm³/mol. The average Bonchev–Trinajstić information content (AvgIpc) is 2.34. The van der Waals surface area contributed by atoms with Crippen LogP contribution in [0.25, 0.3) is 0 Å². The number of benzene rings is 1. The number of aliphatic carboxylic acids is 1. The number of carboxylic acid groups (broad SMARTS) is 1. The number of aryl methyl sites for hydroxylation is 1. The molecule has 0 heterocycles. The maximum absolute atomic E-state index is 11.7. The molecule has 1 atom stereocenters. The van der Waals surface area contributed by atoms with Crippen molar-refractivity contribution >= 4 is 17.6 Å². The summed E-state index contributed by atoms with van der Waals surface area (Å²) in [4.78, 5) is 32.4. The van der Waals surface area contributed by atoms with Crippen LogP contribution in [0, 0.1) is 17.0 Å². The van der Waals surface area contributed by atoms with Crippen LogP contribution in [0.1, 0.15) is 15.9 Å². The minimum Gasteiger partial charge on any atom is -0.480 e. The first-order chi connectivity index (χ1) is 8.86. The van der Waals surface area contributed by atoms with Crippen molar-refractivity contribution in [2.75, 3.05) is 6.61 Å². The number of aliphatic hydroxyl groups is 1. The van der Waals surface area contributed by atoms with Gasteiger partial charge in [-0.1, -0.05) is 0 Å². The van der Waals surface area contributed by atoms with E-state index in [9.17, 15) is 19.7 Å². The van der Waals surface area contributed by atoms with Crippen LogP contribution in [0.2, 0.25) is 0 Å². The zero-order valence-corrected chi connectivity index (χ0v) is 9.99. The first-order valence-corrected chi connectivity index (χ1v) is 5.26. The Morgan fingerprint density at radius 3 is 2.53 bits per heavy atom. The van der Waals surface area contributed by atoms with Gasteiger partial charge in [0.1, 0.15) is 0 Å². The van der Waals surface area contributed by atoms with Gasteiger partial charge in [0.15, 0.2) is 6.04 Å². The molecule has 1 aromatic rings. The van der Waals surface area contributed by atoms with Gasteiger partial charge in [-0.25, -0.2) is 4.79 Å². The number of carboxylic acids is 1. The molecule has 0 aromatic heterocycles. The van der Waals surface area contributed by atoms with E-state index in [-0.39, 0.29) is 16.8 Å². The van der Waals surface area contributed by atoms with Crippen molar-refractivity contribution in [2.24, 2.45) is 0 Å². The summed E-state index contributed by atoms with van der Waals surface area (Å²) in [6.07, 6.45) is 0. The van der Waals surface area contributed by atoms with Crippen LogP contribution in [0.4, 0.5) is 5.69 Å². The minimum atomic E-state index is -1.41. The van der Waals surface area contributed by atoms with Gasteiger partial charge in [-0.05, 0) is 19.1 Å². The van der Waals surface area contributed by atoms with E-state index in [1.807, 2.05) is 0 Å². The number of hydrogen-bond acceptors (Lipinski definition) is 5. The minimum absolute atomic E-state index is 0.0859. The molecule has 0 aliphatic rings. The van der Waals surface area contributed by atoms with Gasteiger partial charge in [-0.15, -0.1) is 0 Å². The molecule has 19 heavy (non-hydrogen) atoms. The third kappa shape index (κ3) is 3.49. The van der Waals surface area contributed by atoms with Crippen LogP contribution in [0.5, 0.6) is 0 Å². The Morgan fingerprint density at radius 2 is 2.11 bits per heavy atom. The molecule has 0 saturated carbocycles. The molecule has 1 rings (SSSR count). The van der Waals surface area contributed by atoms with Gasteiger partial charge in [-0.2, -0.15) is 0 Å². The summed E-state index contributed by atoms with van der Waals surface area (Å²) in [7, 11) is 0. The fourth-order valence-corrected chi connectivity index (χ4v) is 1.43. The zero-order valence-electron chi connectivity index (χ0n) is 9.99. The molecule has 0 saturated heterocycles. The number of nitrogens with zero attached hydrogens (tertiary/aromatic N) is 1. The topological polar surface area (TPSA) is 130 Å². The predicted octanol–water partition coefficient (Wildman–Crippen LogP) is 0.0785. The lowest BCUT2D eigenvalue weighted by Crippen LogP contribution is -2.43. The van der Waals surface area contributed by atoms with Crippen molar-refractivity contribution in [1.82, 2.24) is 5.32 Å². The summed E-state index contributed by atoms with van der Waals surface area (Å²) in [5.74, 6) is -2.09. The van der Waals surface area contributed by atoms with Crippen LogP contribution in [0.3, 0.4) is 0 Å². The van der Waals surface area contributed by atoms with Crippen LogP contribution in [-0.4, -0.2) is 39.7 Å². The summed E-state index contributed by atoms with van der Waals surface area (Å²) in [6, 6.07) is 2.25. The van der Waals surface area contributed by atoms with Gasteiger partial charge in [0.25, 0.3) is 11.6 Å². The normalized spacial score (nSPS) is 11.7. The largest absolute Gasteiger partial charge is 0.480 e. The SMILES string of the molecule is Cc1cc(C(=O)N[C@H](CO)C(=O)O)ccc1[N+](=O)[O-]. The van der Waals surface area contributed by atoms with E-state index in [1.54, 1.807) is 0 Å². The summed E-state index contributed by atoms with van der Waals surface area (Å²) in [6.45, 7) is 0.725.